The Labute approximate surface area is 127 Å². The number of ether oxygens (including phenoxy) is 2. The molecule has 114 valence electrons. The van der Waals surface area contributed by atoms with E-state index in [-0.39, 0.29) is 12.0 Å². The van der Waals surface area contributed by atoms with Crippen molar-refractivity contribution in [3.63, 3.8) is 0 Å². The third kappa shape index (κ3) is 4.52. The van der Waals surface area contributed by atoms with Gasteiger partial charge in [-0.1, -0.05) is 6.92 Å². The molecule has 2 heterocycles. The van der Waals surface area contributed by atoms with Crippen LogP contribution in [0.2, 0.25) is 0 Å². The second-order valence-corrected chi connectivity index (χ2v) is 5.25. The van der Waals surface area contributed by atoms with Crippen LogP contribution >= 0.6 is 11.3 Å². The van der Waals surface area contributed by atoms with Gasteiger partial charge in [0.25, 0.3) is 0 Å². The van der Waals surface area contributed by atoms with Crippen molar-refractivity contribution in [3.05, 3.63) is 16.1 Å². The molecule has 0 amide bonds. The second-order valence-electron chi connectivity index (χ2n) is 4.31. The lowest BCUT2D eigenvalue weighted by Crippen LogP contribution is -2.10. The highest BCUT2D eigenvalue weighted by Crippen LogP contribution is 2.15. The maximum atomic E-state index is 5.59. The van der Waals surface area contributed by atoms with Crippen LogP contribution in [0.3, 0.4) is 0 Å². The zero-order chi connectivity index (χ0) is 15.1. The van der Waals surface area contributed by atoms with Gasteiger partial charge in [0.2, 0.25) is 5.95 Å². The first-order valence-corrected chi connectivity index (χ1v) is 7.66. The van der Waals surface area contributed by atoms with Gasteiger partial charge in [-0.25, -0.2) is 4.98 Å². The summed E-state index contributed by atoms with van der Waals surface area (Å²) in [4.78, 5) is 17.8. The van der Waals surface area contributed by atoms with Gasteiger partial charge in [0, 0.05) is 17.8 Å². The van der Waals surface area contributed by atoms with Gasteiger partial charge in [0.15, 0.2) is 0 Å². The van der Waals surface area contributed by atoms with E-state index in [4.69, 9.17) is 9.47 Å². The number of nitrogens with one attached hydrogen (secondary N) is 1. The monoisotopic (exact) mass is 309 g/mol. The molecule has 8 heteroatoms. The maximum absolute atomic E-state index is 5.59. The molecule has 0 bridgehead atoms. The summed E-state index contributed by atoms with van der Waals surface area (Å²) in [5.74, 6) is 0.465. The minimum atomic E-state index is 0.243. The van der Waals surface area contributed by atoms with E-state index in [0.29, 0.717) is 12.6 Å². The molecular formula is C13H19N5O2S. The van der Waals surface area contributed by atoms with Crippen LogP contribution in [0.1, 0.15) is 23.9 Å². The molecule has 0 aliphatic carbocycles. The number of rotatable bonds is 8. The molecule has 0 saturated carbocycles. The molecule has 2 aromatic rings. The lowest BCUT2D eigenvalue weighted by Gasteiger charge is -2.08. The number of aryl methyl sites for hydroxylation is 1. The average Bonchev–Trinajstić information content (AvgIpc) is 2.90. The molecule has 0 radical (unpaired) electrons. The van der Waals surface area contributed by atoms with E-state index < -0.39 is 0 Å². The van der Waals surface area contributed by atoms with Crippen molar-refractivity contribution < 1.29 is 9.47 Å². The number of hydrogen-bond donors (Lipinski definition) is 1. The predicted molar refractivity (Wildman–Crippen MR) is 81.2 cm³/mol. The fraction of sp³-hybridized carbons (Fsp3) is 0.538. The minimum absolute atomic E-state index is 0.243. The maximum Gasteiger partial charge on any atom is 0.324 e. The van der Waals surface area contributed by atoms with Crippen molar-refractivity contribution in [2.75, 3.05) is 25.6 Å². The number of methoxy groups -OCH3 is 1. The van der Waals surface area contributed by atoms with Crippen molar-refractivity contribution in [2.45, 2.75) is 26.7 Å². The predicted octanol–water partition coefficient (Wildman–Crippen LogP) is 2.09. The first kappa shape index (κ1) is 15.4. The van der Waals surface area contributed by atoms with E-state index in [2.05, 4.69) is 32.2 Å². The van der Waals surface area contributed by atoms with Gasteiger partial charge < -0.3 is 14.8 Å². The van der Waals surface area contributed by atoms with Gasteiger partial charge in [-0.3, -0.25) is 0 Å². The lowest BCUT2D eigenvalue weighted by atomic mass is 10.3. The normalized spacial score (nSPS) is 10.4. The van der Waals surface area contributed by atoms with Crippen LogP contribution in [0.5, 0.6) is 12.0 Å². The number of aromatic nitrogens is 4. The number of anilines is 1. The van der Waals surface area contributed by atoms with Gasteiger partial charge in [-0.2, -0.15) is 9.97 Å². The molecular weight excluding hydrogens is 290 g/mol. The molecule has 0 aromatic carbocycles. The molecule has 2 rings (SSSR count). The molecule has 0 saturated heterocycles. The van der Waals surface area contributed by atoms with Crippen LogP contribution in [-0.4, -0.2) is 40.2 Å². The van der Waals surface area contributed by atoms with Crippen molar-refractivity contribution in [3.8, 4) is 12.0 Å². The fourth-order valence-corrected chi connectivity index (χ4v) is 2.37. The standard InChI is InChI=1S/C13H19N5O2S/c1-4-6-14-11-16-12(19-3)18-13(17-11)20-7-5-10-9(2)15-8-21-10/h8H,4-7H2,1-3H3,(H,14,16,17,18). The summed E-state index contributed by atoms with van der Waals surface area (Å²) in [5, 5.41) is 3.09. The summed E-state index contributed by atoms with van der Waals surface area (Å²) in [6.45, 7) is 5.33. The summed E-state index contributed by atoms with van der Waals surface area (Å²) in [6.07, 6.45) is 1.76. The number of nitrogens with zero attached hydrogens (tertiary/aromatic N) is 4. The van der Waals surface area contributed by atoms with Gasteiger partial charge in [0.05, 0.1) is 24.9 Å². The Morgan fingerprint density at radius 2 is 2.05 bits per heavy atom. The zero-order valence-electron chi connectivity index (χ0n) is 12.4. The third-order valence-corrected chi connectivity index (χ3v) is 3.71. The Balaban J connectivity index is 1.96. The van der Waals surface area contributed by atoms with Crippen LogP contribution in [0.4, 0.5) is 5.95 Å². The Hall–Kier alpha value is -1.96. The zero-order valence-corrected chi connectivity index (χ0v) is 13.2. The van der Waals surface area contributed by atoms with Crippen LogP contribution in [-0.2, 0) is 6.42 Å². The topological polar surface area (TPSA) is 82.1 Å². The van der Waals surface area contributed by atoms with E-state index in [1.807, 2.05) is 12.4 Å². The van der Waals surface area contributed by atoms with Crippen molar-refractivity contribution in [1.82, 2.24) is 19.9 Å². The van der Waals surface area contributed by atoms with E-state index in [1.165, 1.54) is 12.0 Å². The van der Waals surface area contributed by atoms with Crippen molar-refractivity contribution >= 4 is 17.3 Å². The molecule has 0 fully saturated rings. The smallest absolute Gasteiger partial charge is 0.324 e. The highest BCUT2D eigenvalue weighted by atomic mass is 32.1. The van der Waals surface area contributed by atoms with E-state index in [1.54, 1.807) is 11.3 Å². The number of thiazole rings is 1. The minimum Gasteiger partial charge on any atom is -0.467 e. The lowest BCUT2D eigenvalue weighted by molar-refractivity contribution is 0.285. The second kappa shape index (κ2) is 7.72. The highest BCUT2D eigenvalue weighted by Gasteiger charge is 2.08. The van der Waals surface area contributed by atoms with E-state index in [9.17, 15) is 0 Å². The molecule has 0 spiro atoms. The molecule has 21 heavy (non-hydrogen) atoms. The summed E-state index contributed by atoms with van der Waals surface area (Å²) >= 11 is 1.63. The van der Waals surface area contributed by atoms with Gasteiger partial charge >= 0.3 is 12.0 Å². The molecule has 2 aromatic heterocycles. The number of hydrogen-bond acceptors (Lipinski definition) is 8. The summed E-state index contributed by atoms with van der Waals surface area (Å²) in [7, 11) is 1.52. The molecule has 0 aliphatic rings. The molecule has 7 nitrogen and oxygen atoms in total. The third-order valence-electron chi connectivity index (χ3n) is 2.72. The Kier molecular flexibility index (Phi) is 5.68. The van der Waals surface area contributed by atoms with Gasteiger partial charge in [0.1, 0.15) is 0 Å². The molecule has 1 N–H and O–H groups in total. The van der Waals surface area contributed by atoms with Crippen molar-refractivity contribution in [1.29, 1.82) is 0 Å². The summed E-state index contributed by atoms with van der Waals surface area (Å²) < 4.78 is 10.7. The van der Waals surface area contributed by atoms with Crippen molar-refractivity contribution in [2.24, 2.45) is 0 Å². The van der Waals surface area contributed by atoms with Gasteiger partial charge in [-0.05, 0) is 13.3 Å². The Morgan fingerprint density at radius 1 is 1.24 bits per heavy atom. The van der Waals surface area contributed by atoms with E-state index >= 15 is 0 Å². The van der Waals surface area contributed by atoms with Crippen LogP contribution in [0, 0.1) is 6.92 Å². The largest absolute Gasteiger partial charge is 0.467 e. The van der Waals surface area contributed by atoms with Crippen LogP contribution in [0.15, 0.2) is 5.51 Å². The van der Waals surface area contributed by atoms with Crippen LogP contribution < -0.4 is 14.8 Å². The molecule has 0 unspecified atom stereocenters. The summed E-state index contributed by atoms with van der Waals surface area (Å²) in [6, 6.07) is 0.509. The Bertz CT molecular complexity index is 575. The SMILES string of the molecule is CCCNc1nc(OC)nc(OCCc2scnc2C)n1. The molecule has 0 aliphatic heterocycles. The summed E-state index contributed by atoms with van der Waals surface area (Å²) in [5.41, 5.74) is 2.88. The highest BCUT2D eigenvalue weighted by molar-refractivity contribution is 7.09. The van der Waals surface area contributed by atoms with Crippen LogP contribution in [0.25, 0.3) is 0 Å². The van der Waals surface area contributed by atoms with Gasteiger partial charge in [-0.15, -0.1) is 16.3 Å². The first-order chi connectivity index (χ1) is 10.2. The average molecular weight is 309 g/mol. The van der Waals surface area contributed by atoms with E-state index in [0.717, 1.165) is 25.1 Å². The fourth-order valence-electron chi connectivity index (χ4n) is 1.61. The first-order valence-electron chi connectivity index (χ1n) is 6.78. The Morgan fingerprint density at radius 3 is 2.71 bits per heavy atom. The quantitative estimate of drug-likeness (QED) is 0.799. The molecule has 0 atom stereocenters.